The third-order valence-corrected chi connectivity index (χ3v) is 3.62. The first-order chi connectivity index (χ1) is 9.40. The van der Waals surface area contributed by atoms with Gasteiger partial charge in [-0.1, -0.05) is 32.6 Å². The molecule has 0 amide bonds. The van der Waals surface area contributed by atoms with Gasteiger partial charge < -0.3 is 14.5 Å². The lowest BCUT2D eigenvalue weighted by atomic mass is 10.2. The van der Waals surface area contributed by atoms with Gasteiger partial charge in [-0.05, 0) is 25.3 Å². The fourth-order valence-electron chi connectivity index (χ4n) is 2.17. The highest BCUT2D eigenvalue weighted by Gasteiger charge is 2.21. The number of unbranched alkanes of at least 4 members (excludes halogenated alkanes) is 4. The van der Waals surface area contributed by atoms with Crippen LogP contribution in [0.5, 0.6) is 0 Å². The van der Waals surface area contributed by atoms with Crippen LogP contribution in [0.1, 0.15) is 63.2 Å². The maximum Gasteiger partial charge on any atom is 0.123 e. The molecule has 1 heterocycles. The molecule has 0 saturated heterocycles. The summed E-state index contributed by atoms with van der Waals surface area (Å²) in [6.45, 7) is 4.63. The van der Waals surface area contributed by atoms with E-state index >= 15 is 0 Å². The van der Waals surface area contributed by atoms with E-state index in [1.54, 1.807) is 6.26 Å². The Kier molecular flexibility index (Phi) is 6.45. The predicted molar refractivity (Wildman–Crippen MR) is 77.0 cm³/mol. The molecule has 1 N–H and O–H groups in total. The molecule has 0 bridgehead atoms. The Bertz CT molecular complexity index is 344. The Morgan fingerprint density at radius 1 is 1.26 bits per heavy atom. The number of hydrogen-bond donors (Lipinski definition) is 1. The fraction of sp³-hybridized carbons (Fsp3) is 0.750. The minimum atomic E-state index is 0.686. The SMILES string of the molecule is CCCCCCCOCc1ccoc1CNC1CC1. The van der Waals surface area contributed by atoms with E-state index in [4.69, 9.17) is 9.15 Å². The lowest BCUT2D eigenvalue weighted by molar-refractivity contribution is 0.115. The minimum absolute atomic E-state index is 0.686. The lowest BCUT2D eigenvalue weighted by Gasteiger charge is -2.05. The van der Waals surface area contributed by atoms with Crippen LogP contribution in [-0.4, -0.2) is 12.6 Å². The van der Waals surface area contributed by atoms with Crippen molar-refractivity contribution in [2.45, 2.75) is 71.1 Å². The van der Waals surface area contributed by atoms with Gasteiger partial charge >= 0.3 is 0 Å². The summed E-state index contributed by atoms with van der Waals surface area (Å²) >= 11 is 0. The largest absolute Gasteiger partial charge is 0.468 e. The van der Waals surface area contributed by atoms with E-state index in [0.29, 0.717) is 6.61 Å². The number of ether oxygens (including phenoxy) is 1. The molecule has 0 radical (unpaired) electrons. The second-order valence-corrected chi connectivity index (χ2v) is 5.49. The van der Waals surface area contributed by atoms with Crippen molar-refractivity contribution >= 4 is 0 Å². The fourth-order valence-corrected chi connectivity index (χ4v) is 2.17. The molecule has 0 aromatic carbocycles. The Morgan fingerprint density at radius 2 is 2.11 bits per heavy atom. The van der Waals surface area contributed by atoms with Gasteiger partial charge in [0.25, 0.3) is 0 Å². The Morgan fingerprint density at radius 3 is 2.89 bits per heavy atom. The summed E-state index contributed by atoms with van der Waals surface area (Å²) in [7, 11) is 0. The van der Waals surface area contributed by atoms with Crippen LogP contribution in [0.4, 0.5) is 0 Å². The lowest BCUT2D eigenvalue weighted by Crippen LogP contribution is -2.15. The van der Waals surface area contributed by atoms with Crippen LogP contribution in [0.3, 0.4) is 0 Å². The van der Waals surface area contributed by atoms with E-state index in [1.807, 2.05) is 6.07 Å². The number of rotatable bonds is 11. The summed E-state index contributed by atoms with van der Waals surface area (Å²) in [5.74, 6) is 1.04. The highest BCUT2D eigenvalue weighted by molar-refractivity contribution is 5.16. The van der Waals surface area contributed by atoms with E-state index < -0.39 is 0 Å². The molecule has 1 saturated carbocycles. The van der Waals surface area contributed by atoms with Crippen molar-refractivity contribution in [2.75, 3.05) is 6.61 Å². The first-order valence-electron chi connectivity index (χ1n) is 7.76. The van der Waals surface area contributed by atoms with Gasteiger partial charge in [0.2, 0.25) is 0 Å². The van der Waals surface area contributed by atoms with Crippen molar-refractivity contribution in [1.82, 2.24) is 5.32 Å². The molecule has 1 aliphatic rings. The zero-order valence-corrected chi connectivity index (χ0v) is 12.1. The number of hydrogen-bond acceptors (Lipinski definition) is 3. The van der Waals surface area contributed by atoms with Gasteiger partial charge in [0, 0.05) is 18.2 Å². The van der Waals surface area contributed by atoms with Crippen molar-refractivity contribution < 1.29 is 9.15 Å². The van der Waals surface area contributed by atoms with Gasteiger partial charge in [0.15, 0.2) is 0 Å². The molecular formula is C16H27NO2. The molecule has 2 rings (SSSR count). The topological polar surface area (TPSA) is 34.4 Å². The summed E-state index contributed by atoms with van der Waals surface area (Å²) in [4.78, 5) is 0. The van der Waals surface area contributed by atoms with E-state index in [-0.39, 0.29) is 0 Å². The van der Waals surface area contributed by atoms with Crippen LogP contribution in [-0.2, 0) is 17.9 Å². The molecule has 0 spiro atoms. The normalized spacial score (nSPS) is 15.0. The van der Waals surface area contributed by atoms with Crippen LogP contribution in [0.25, 0.3) is 0 Å². The molecule has 0 aliphatic heterocycles. The van der Waals surface area contributed by atoms with E-state index in [2.05, 4.69) is 12.2 Å². The van der Waals surface area contributed by atoms with Crippen LogP contribution in [0.2, 0.25) is 0 Å². The van der Waals surface area contributed by atoms with Crippen LogP contribution in [0.15, 0.2) is 16.7 Å². The van der Waals surface area contributed by atoms with Crippen LogP contribution in [0, 0.1) is 0 Å². The third kappa shape index (κ3) is 5.79. The molecule has 0 unspecified atom stereocenters. The zero-order valence-electron chi connectivity index (χ0n) is 12.1. The van der Waals surface area contributed by atoms with Crippen molar-refractivity contribution in [2.24, 2.45) is 0 Å². The van der Waals surface area contributed by atoms with Gasteiger partial charge in [0.05, 0.1) is 19.4 Å². The Balaban J connectivity index is 1.55. The average Bonchev–Trinajstić information content (AvgIpc) is 3.15. The molecule has 19 heavy (non-hydrogen) atoms. The number of furan rings is 1. The molecule has 1 aromatic rings. The summed E-state index contributed by atoms with van der Waals surface area (Å²) in [6.07, 6.45) is 10.8. The van der Waals surface area contributed by atoms with E-state index in [1.165, 1.54) is 50.5 Å². The van der Waals surface area contributed by atoms with Crippen molar-refractivity contribution in [1.29, 1.82) is 0 Å². The van der Waals surface area contributed by atoms with Crippen molar-refractivity contribution in [3.05, 3.63) is 23.7 Å². The highest BCUT2D eigenvalue weighted by atomic mass is 16.5. The molecule has 0 atom stereocenters. The van der Waals surface area contributed by atoms with Gasteiger partial charge in [-0.25, -0.2) is 0 Å². The Hall–Kier alpha value is -0.800. The molecule has 1 fully saturated rings. The minimum Gasteiger partial charge on any atom is -0.468 e. The number of nitrogens with one attached hydrogen (secondary N) is 1. The maximum atomic E-state index is 5.73. The van der Waals surface area contributed by atoms with Gasteiger partial charge in [-0.2, -0.15) is 0 Å². The van der Waals surface area contributed by atoms with Crippen molar-refractivity contribution in [3.63, 3.8) is 0 Å². The first kappa shape index (κ1) is 14.6. The molecule has 1 aliphatic carbocycles. The molecule has 3 heteroatoms. The van der Waals surface area contributed by atoms with Crippen molar-refractivity contribution in [3.8, 4) is 0 Å². The summed E-state index contributed by atoms with van der Waals surface area (Å²) in [5.41, 5.74) is 1.20. The summed E-state index contributed by atoms with van der Waals surface area (Å²) in [6, 6.07) is 2.75. The molecule has 108 valence electrons. The average molecular weight is 265 g/mol. The standard InChI is InChI=1S/C16H27NO2/c1-2-3-4-5-6-10-18-13-14-9-11-19-16(14)12-17-15-7-8-15/h9,11,15,17H,2-8,10,12-13H2,1H3. The smallest absolute Gasteiger partial charge is 0.123 e. The van der Waals surface area contributed by atoms with Gasteiger partial charge in [-0.3, -0.25) is 0 Å². The first-order valence-corrected chi connectivity index (χ1v) is 7.76. The maximum absolute atomic E-state index is 5.73. The Labute approximate surface area is 116 Å². The predicted octanol–water partition coefficient (Wildman–Crippen LogP) is 4.02. The highest BCUT2D eigenvalue weighted by Crippen LogP contribution is 2.20. The van der Waals surface area contributed by atoms with Gasteiger partial charge in [-0.15, -0.1) is 0 Å². The third-order valence-electron chi connectivity index (χ3n) is 3.62. The van der Waals surface area contributed by atoms with E-state index in [0.717, 1.165) is 25.0 Å². The quantitative estimate of drug-likeness (QED) is 0.614. The van der Waals surface area contributed by atoms with Crippen LogP contribution >= 0.6 is 0 Å². The summed E-state index contributed by atoms with van der Waals surface area (Å²) < 4.78 is 11.2. The molecular weight excluding hydrogens is 238 g/mol. The second kappa shape index (κ2) is 8.39. The molecule has 1 aromatic heterocycles. The second-order valence-electron chi connectivity index (χ2n) is 5.49. The molecule has 3 nitrogen and oxygen atoms in total. The van der Waals surface area contributed by atoms with E-state index in [9.17, 15) is 0 Å². The summed E-state index contributed by atoms with van der Waals surface area (Å²) in [5, 5.41) is 3.47. The van der Waals surface area contributed by atoms with Gasteiger partial charge in [0.1, 0.15) is 5.76 Å². The monoisotopic (exact) mass is 265 g/mol. The van der Waals surface area contributed by atoms with Crippen LogP contribution < -0.4 is 5.32 Å². The zero-order chi connectivity index (χ0) is 13.3.